The first-order chi connectivity index (χ1) is 19.0. The van der Waals surface area contributed by atoms with Gasteiger partial charge in [0.15, 0.2) is 22.4 Å². The van der Waals surface area contributed by atoms with Gasteiger partial charge in [-0.15, -0.1) is 0 Å². The topological polar surface area (TPSA) is 67.9 Å². The lowest BCUT2D eigenvalue weighted by molar-refractivity contribution is -0.118. The Labute approximate surface area is 260 Å². The van der Waals surface area contributed by atoms with E-state index in [2.05, 4.69) is 37.2 Å². The van der Waals surface area contributed by atoms with E-state index in [1.807, 2.05) is 71.0 Å². The molecule has 1 heterocycles. The van der Waals surface area contributed by atoms with Crippen LogP contribution in [0.2, 0.25) is 0 Å². The van der Waals surface area contributed by atoms with Crippen molar-refractivity contribution in [3.05, 3.63) is 84.1 Å². The number of hydrogen-bond acceptors (Lipinski definition) is 6. The van der Waals surface area contributed by atoms with E-state index in [4.69, 9.17) is 21.7 Å². The molecule has 4 rings (SSSR count). The maximum absolute atomic E-state index is 13.3. The molecule has 10 heteroatoms. The molecule has 40 heavy (non-hydrogen) atoms. The third-order valence-electron chi connectivity index (χ3n) is 6.38. The number of anilines is 2. The number of nitrogens with zero attached hydrogens (tertiary/aromatic N) is 1. The minimum absolute atomic E-state index is 0.179. The van der Waals surface area contributed by atoms with Gasteiger partial charge in [0.1, 0.15) is 0 Å². The van der Waals surface area contributed by atoms with Crippen LogP contribution in [-0.2, 0) is 9.59 Å². The first-order valence-corrected chi connectivity index (χ1v) is 15.3. The van der Waals surface area contributed by atoms with Gasteiger partial charge >= 0.3 is 0 Å². The number of carbonyl (C=O) groups excluding carboxylic acids is 2. The van der Waals surface area contributed by atoms with Gasteiger partial charge < -0.3 is 14.8 Å². The SMILES string of the molecule is CCOc1cc(C=C2SC(=S)N(c3ccc(C)c(C)c3)C2=O)cc(Br)c1OCC(=O)Nc1cc(C)c(C)cc1Br. The summed E-state index contributed by atoms with van der Waals surface area (Å²) in [5.74, 6) is 0.364. The van der Waals surface area contributed by atoms with Crippen LogP contribution in [-0.4, -0.2) is 29.3 Å². The second kappa shape index (κ2) is 12.9. The monoisotopic (exact) mass is 702 g/mol. The van der Waals surface area contributed by atoms with E-state index in [1.54, 1.807) is 17.0 Å². The number of halogens is 2. The zero-order valence-electron chi connectivity index (χ0n) is 22.7. The van der Waals surface area contributed by atoms with E-state index in [9.17, 15) is 9.59 Å². The number of hydrogen-bond donors (Lipinski definition) is 1. The van der Waals surface area contributed by atoms with Crippen molar-refractivity contribution in [2.45, 2.75) is 34.6 Å². The molecule has 0 spiro atoms. The molecule has 1 aliphatic heterocycles. The van der Waals surface area contributed by atoms with Crippen molar-refractivity contribution >= 4 is 89.4 Å². The van der Waals surface area contributed by atoms with Crippen LogP contribution in [0.25, 0.3) is 6.08 Å². The molecule has 0 bridgehead atoms. The minimum Gasteiger partial charge on any atom is -0.490 e. The highest BCUT2D eigenvalue weighted by atomic mass is 79.9. The molecule has 0 unspecified atom stereocenters. The molecule has 208 valence electrons. The quantitative estimate of drug-likeness (QED) is 0.188. The van der Waals surface area contributed by atoms with E-state index >= 15 is 0 Å². The zero-order chi connectivity index (χ0) is 29.1. The first kappa shape index (κ1) is 30.3. The van der Waals surface area contributed by atoms with Crippen LogP contribution in [0.3, 0.4) is 0 Å². The summed E-state index contributed by atoms with van der Waals surface area (Å²) in [7, 11) is 0. The number of carbonyl (C=O) groups is 2. The van der Waals surface area contributed by atoms with Crippen LogP contribution < -0.4 is 19.7 Å². The van der Waals surface area contributed by atoms with Gasteiger partial charge in [0.25, 0.3) is 11.8 Å². The van der Waals surface area contributed by atoms with Gasteiger partial charge in [-0.1, -0.05) is 30.0 Å². The van der Waals surface area contributed by atoms with Crippen LogP contribution in [0.1, 0.15) is 34.7 Å². The summed E-state index contributed by atoms with van der Waals surface area (Å²) in [6.07, 6.45) is 1.78. The van der Waals surface area contributed by atoms with Crippen LogP contribution in [0, 0.1) is 27.7 Å². The Morgan fingerprint density at radius 3 is 2.38 bits per heavy atom. The lowest BCUT2D eigenvalue weighted by atomic mass is 10.1. The Kier molecular flexibility index (Phi) is 9.76. The van der Waals surface area contributed by atoms with Crippen molar-refractivity contribution in [3.8, 4) is 11.5 Å². The van der Waals surface area contributed by atoms with Gasteiger partial charge in [0.2, 0.25) is 0 Å². The van der Waals surface area contributed by atoms with Crippen molar-refractivity contribution in [2.24, 2.45) is 0 Å². The molecule has 3 aromatic carbocycles. The Balaban J connectivity index is 1.53. The fourth-order valence-corrected chi connectivity index (χ4v) is 6.41. The van der Waals surface area contributed by atoms with E-state index in [0.717, 1.165) is 38.0 Å². The van der Waals surface area contributed by atoms with Gasteiger partial charge in [-0.2, -0.15) is 0 Å². The highest BCUT2D eigenvalue weighted by molar-refractivity contribution is 9.11. The second-order valence-corrected chi connectivity index (χ2v) is 12.7. The predicted molar refractivity (Wildman–Crippen MR) is 175 cm³/mol. The average Bonchev–Trinajstić information content (AvgIpc) is 3.16. The number of nitrogens with one attached hydrogen (secondary N) is 1. The highest BCUT2D eigenvalue weighted by Crippen LogP contribution is 2.40. The molecule has 0 aromatic heterocycles. The van der Waals surface area contributed by atoms with Gasteiger partial charge in [-0.3, -0.25) is 14.5 Å². The molecule has 1 fully saturated rings. The van der Waals surface area contributed by atoms with Crippen molar-refractivity contribution in [2.75, 3.05) is 23.4 Å². The summed E-state index contributed by atoms with van der Waals surface area (Å²) >= 11 is 13.8. The number of benzene rings is 3. The summed E-state index contributed by atoms with van der Waals surface area (Å²) in [4.78, 5) is 28.1. The number of thiocarbonyl (C=S) groups is 1. The number of thioether (sulfide) groups is 1. The number of ether oxygens (including phenoxy) is 2. The van der Waals surface area contributed by atoms with E-state index in [1.165, 1.54) is 11.8 Å². The van der Waals surface area contributed by atoms with Crippen molar-refractivity contribution in [1.29, 1.82) is 0 Å². The van der Waals surface area contributed by atoms with Gasteiger partial charge in [-0.25, -0.2) is 0 Å². The standard InChI is InChI=1S/C30H28Br2N2O4S2/c1-6-37-25-13-20(14-26-29(36)34(30(39)40-26)21-8-7-16(2)17(3)9-21)12-23(32)28(25)38-15-27(35)33-24-11-19(5)18(4)10-22(24)31/h7-14H,6,15H2,1-5H3,(H,33,35). The van der Waals surface area contributed by atoms with Crippen LogP contribution in [0.15, 0.2) is 56.3 Å². The number of aryl methyl sites for hydroxylation is 4. The molecular weight excluding hydrogens is 676 g/mol. The highest BCUT2D eigenvalue weighted by Gasteiger charge is 2.33. The van der Waals surface area contributed by atoms with Crippen molar-refractivity contribution in [1.82, 2.24) is 0 Å². The summed E-state index contributed by atoms with van der Waals surface area (Å²) in [5, 5.41) is 2.88. The fraction of sp³-hybridized carbons (Fsp3) is 0.233. The molecule has 0 saturated carbocycles. The Morgan fingerprint density at radius 2 is 1.68 bits per heavy atom. The number of rotatable bonds is 8. The van der Waals surface area contributed by atoms with E-state index in [0.29, 0.717) is 37.5 Å². The first-order valence-electron chi connectivity index (χ1n) is 12.5. The third-order valence-corrected chi connectivity index (χ3v) is 8.92. The van der Waals surface area contributed by atoms with Crippen molar-refractivity contribution in [3.63, 3.8) is 0 Å². The lowest BCUT2D eigenvalue weighted by Crippen LogP contribution is -2.27. The third kappa shape index (κ3) is 6.79. The Morgan fingerprint density at radius 1 is 0.975 bits per heavy atom. The summed E-state index contributed by atoms with van der Waals surface area (Å²) < 4.78 is 13.6. The number of amides is 2. The molecular formula is C30H28Br2N2O4S2. The van der Waals surface area contributed by atoms with E-state index in [-0.39, 0.29) is 18.4 Å². The smallest absolute Gasteiger partial charge is 0.270 e. The van der Waals surface area contributed by atoms with Crippen LogP contribution in [0.4, 0.5) is 11.4 Å². The second-order valence-electron chi connectivity index (χ2n) is 9.30. The summed E-state index contributed by atoms with van der Waals surface area (Å²) in [6, 6.07) is 13.3. The summed E-state index contributed by atoms with van der Waals surface area (Å²) in [6.45, 7) is 10.1. The van der Waals surface area contributed by atoms with Gasteiger partial charge in [-0.05, 0) is 137 Å². The molecule has 1 aliphatic rings. The molecule has 0 aliphatic carbocycles. The fourth-order valence-electron chi connectivity index (χ4n) is 3.98. The predicted octanol–water partition coefficient (Wildman–Crippen LogP) is 8.27. The summed E-state index contributed by atoms with van der Waals surface area (Å²) in [5.41, 5.74) is 6.59. The minimum atomic E-state index is -0.308. The zero-order valence-corrected chi connectivity index (χ0v) is 27.5. The lowest BCUT2D eigenvalue weighted by Gasteiger charge is -2.16. The molecule has 2 amide bonds. The van der Waals surface area contributed by atoms with Crippen molar-refractivity contribution < 1.29 is 19.1 Å². The average molecular weight is 705 g/mol. The van der Waals surface area contributed by atoms with Crippen LogP contribution in [0.5, 0.6) is 11.5 Å². The molecule has 0 atom stereocenters. The molecule has 0 radical (unpaired) electrons. The maximum Gasteiger partial charge on any atom is 0.270 e. The van der Waals surface area contributed by atoms with Crippen LogP contribution >= 0.6 is 55.8 Å². The normalized spacial score (nSPS) is 14.2. The molecule has 1 N–H and O–H groups in total. The Bertz CT molecular complexity index is 1560. The maximum atomic E-state index is 13.3. The molecule has 1 saturated heterocycles. The molecule has 3 aromatic rings. The largest absolute Gasteiger partial charge is 0.490 e. The molecule has 6 nitrogen and oxygen atoms in total. The Hall–Kier alpha value is -2.66. The van der Waals surface area contributed by atoms with E-state index < -0.39 is 0 Å². The van der Waals surface area contributed by atoms with Gasteiger partial charge in [0, 0.05) is 4.47 Å². The van der Waals surface area contributed by atoms with Gasteiger partial charge in [0.05, 0.1) is 27.4 Å².